The number of halogens is 2. The van der Waals surface area contributed by atoms with E-state index in [2.05, 4.69) is 0 Å². The maximum absolute atomic E-state index is 11.6. The van der Waals surface area contributed by atoms with Crippen molar-refractivity contribution in [1.82, 2.24) is 0 Å². The third kappa shape index (κ3) is 6.65. The second-order valence-corrected chi connectivity index (χ2v) is 4.79. The predicted molar refractivity (Wildman–Crippen MR) is 83.0 cm³/mol. The Morgan fingerprint density at radius 3 is 2.71 bits per heavy atom. The van der Waals surface area contributed by atoms with Crippen LogP contribution in [0.4, 0.5) is 0 Å². The minimum absolute atomic E-state index is 0.255. The smallest absolute Gasteiger partial charge is 0.313 e. The van der Waals surface area contributed by atoms with Crippen LogP contribution in [0.15, 0.2) is 24.3 Å². The van der Waals surface area contributed by atoms with Crippen molar-refractivity contribution in [2.24, 2.45) is 0 Å². The molecule has 0 fully saturated rings. The molecule has 0 saturated carbocycles. The molecule has 1 aromatic rings. The number of carbonyl (C=O) groups is 2. The van der Waals surface area contributed by atoms with Crippen LogP contribution in [0.5, 0.6) is 5.75 Å². The van der Waals surface area contributed by atoms with E-state index in [4.69, 9.17) is 32.7 Å². The summed E-state index contributed by atoms with van der Waals surface area (Å²) in [7, 11) is 0. The Balaban J connectivity index is 2.63. The second kappa shape index (κ2) is 9.42. The summed E-state index contributed by atoms with van der Waals surface area (Å²) in [6.45, 7) is 2.34. The van der Waals surface area contributed by atoms with E-state index in [1.165, 1.54) is 6.08 Å². The van der Waals surface area contributed by atoms with E-state index in [0.717, 1.165) is 0 Å². The highest BCUT2D eigenvalue weighted by Gasteiger charge is 2.07. The largest absolute Gasteiger partial charge is 0.492 e. The minimum atomic E-state index is -0.539. The number of ether oxygens (including phenoxy) is 2. The van der Waals surface area contributed by atoms with E-state index < -0.39 is 5.97 Å². The van der Waals surface area contributed by atoms with Crippen LogP contribution in [0.25, 0.3) is 6.08 Å². The number of ketones is 1. The van der Waals surface area contributed by atoms with Crippen molar-refractivity contribution < 1.29 is 19.1 Å². The lowest BCUT2D eigenvalue weighted by Crippen LogP contribution is -2.09. The molecule has 0 unspecified atom stereocenters. The van der Waals surface area contributed by atoms with Gasteiger partial charge in [-0.3, -0.25) is 9.59 Å². The number of allylic oxidation sites excluding steroid dienone is 1. The van der Waals surface area contributed by atoms with Gasteiger partial charge in [-0.25, -0.2) is 0 Å². The van der Waals surface area contributed by atoms with Crippen molar-refractivity contribution in [3.8, 4) is 5.75 Å². The molecule has 4 nitrogen and oxygen atoms in total. The van der Waals surface area contributed by atoms with E-state index in [1.54, 1.807) is 31.2 Å². The monoisotopic (exact) mass is 330 g/mol. The van der Waals surface area contributed by atoms with Crippen LogP contribution in [0.1, 0.15) is 18.9 Å². The number of benzene rings is 1. The Hall–Kier alpha value is -1.52. The van der Waals surface area contributed by atoms with Crippen molar-refractivity contribution in [3.05, 3.63) is 34.9 Å². The predicted octanol–water partition coefficient (Wildman–Crippen LogP) is 3.49. The number of carbonyl (C=O) groups excluding carboxylic acids is 2. The normalized spacial score (nSPS) is 10.6. The highest BCUT2D eigenvalue weighted by molar-refractivity contribution is 6.32. The molecule has 0 bridgehead atoms. The van der Waals surface area contributed by atoms with Crippen LogP contribution in [-0.4, -0.2) is 30.8 Å². The van der Waals surface area contributed by atoms with E-state index in [0.29, 0.717) is 28.8 Å². The zero-order valence-electron chi connectivity index (χ0n) is 11.6. The number of hydrogen-bond donors (Lipinski definition) is 0. The highest BCUT2D eigenvalue weighted by atomic mass is 35.5. The number of alkyl halides is 1. The summed E-state index contributed by atoms with van der Waals surface area (Å²) in [6, 6.07) is 5.09. The van der Waals surface area contributed by atoms with Gasteiger partial charge in [-0.15, -0.1) is 11.6 Å². The van der Waals surface area contributed by atoms with E-state index in [-0.39, 0.29) is 18.8 Å². The minimum Gasteiger partial charge on any atom is -0.492 e. The Morgan fingerprint density at radius 1 is 1.33 bits per heavy atom. The summed E-state index contributed by atoms with van der Waals surface area (Å²) in [5.41, 5.74) is 0.659. The molecule has 0 aliphatic carbocycles. The zero-order chi connectivity index (χ0) is 15.7. The molecule has 0 saturated heterocycles. The van der Waals surface area contributed by atoms with Crippen molar-refractivity contribution in [2.45, 2.75) is 13.3 Å². The molecule has 0 heterocycles. The van der Waals surface area contributed by atoms with Crippen LogP contribution in [0, 0.1) is 0 Å². The molecule has 21 heavy (non-hydrogen) atoms. The third-order valence-corrected chi connectivity index (χ3v) is 2.87. The van der Waals surface area contributed by atoms with E-state index >= 15 is 0 Å². The lowest BCUT2D eigenvalue weighted by Gasteiger charge is -2.05. The maximum atomic E-state index is 11.6. The molecule has 6 heteroatoms. The van der Waals surface area contributed by atoms with Crippen LogP contribution in [0.2, 0.25) is 5.02 Å². The van der Waals surface area contributed by atoms with Gasteiger partial charge in [0, 0.05) is 0 Å². The van der Waals surface area contributed by atoms with Crippen LogP contribution in [-0.2, 0) is 14.3 Å². The molecule has 0 aliphatic rings. The molecule has 0 aromatic heterocycles. The molecule has 0 amide bonds. The molecule has 1 aromatic carbocycles. The summed E-state index contributed by atoms with van der Waals surface area (Å²) in [4.78, 5) is 22.7. The summed E-state index contributed by atoms with van der Waals surface area (Å²) >= 11 is 11.6. The quantitative estimate of drug-likeness (QED) is 0.317. The van der Waals surface area contributed by atoms with Gasteiger partial charge in [0.05, 0.1) is 17.5 Å². The van der Waals surface area contributed by atoms with Gasteiger partial charge in [-0.2, -0.15) is 0 Å². The van der Waals surface area contributed by atoms with Crippen LogP contribution in [0.3, 0.4) is 0 Å². The molecule has 0 spiro atoms. The highest BCUT2D eigenvalue weighted by Crippen LogP contribution is 2.23. The summed E-state index contributed by atoms with van der Waals surface area (Å²) in [6.07, 6.45) is 2.57. The molecule has 0 radical (unpaired) electrons. The van der Waals surface area contributed by atoms with Gasteiger partial charge in [-0.05, 0) is 42.8 Å². The fourth-order valence-corrected chi connectivity index (χ4v) is 1.80. The number of rotatable bonds is 8. The zero-order valence-corrected chi connectivity index (χ0v) is 13.1. The fourth-order valence-electron chi connectivity index (χ4n) is 1.49. The molecular formula is C15H16Cl2O4. The number of esters is 1. The van der Waals surface area contributed by atoms with Gasteiger partial charge in [-0.1, -0.05) is 11.6 Å². The number of hydrogen-bond acceptors (Lipinski definition) is 4. The standard InChI is InChI=1S/C15H16Cl2O4/c1-2-20-15(19)9-12(18)5-3-11-4-6-13(10-14(11)17)21-8-7-16/h3-6,10H,2,7-9H2,1H3. The first kappa shape index (κ1) is 17.5. The van der Waals surface area contributed by atoms with Gasteiger partial charge in [0.15, 0.2) is 5.78 Å². The van der Waals surface area contributed by atoms with Crippen molar-refractivity contribution in [3.63, 3.8) is 0 Å². The topological polar surface area (TPSA) is 52.6 Å². The van der Waals surface area contributed by atoms with Gasteiger partial charge in [0.25, 0.3) is 0 Å². The van der Waals surface area contributed by atoms with Crippen LogP contribution < -0.4 is 4.74 Å². The lowest BCUT2D eigenvalue weighted by atomic mass is 10.1. The fraction of sp³-hybridized carbons (Fsp3) is 0.333. The molecule has 0 N–H and O–H groups in total. The Bertz CT molecular complexity index is 526. The van der Waals surface area contributed by atoms with Gasteiger partial charge in [0.1, 0.15) is 18.8 Å². The first-order valence-electron chi connectivity index (χ1n) is 6.41. The SMILES string of the molecule is CCOC(=O)CC(=O)C=Cc1ccc(OCCCl)cc1Cl. The van der Waals surface area contributed by atoms with Crippen molar-refractivity contribution >= 4 is 41.0 Å². The molecule has 0 aliphatic heterocycles. The molecule has 114 valence electrons. The maximum Gasteiger partial charge on any atom is 0.313 e. The Labute approximate surface area is 133 Å². The van der Waals surface area contributed by atoms with E-state index in [9.17, 15) is 9.59 Å². The Kier molecular flexibility index (Phi) is 7.87. The molecular weight excluding hydrogens is 315 g/mol. The van der Waals surface area contributed by atoms with Crippen LogP contribution >= 0.6 is 23.2 Å². The first-order valence-corrected chi connectivity index (χ1v) is 7.33. The van der Waals surface area contributed by atoms with Gasteiger partial charge < -0.3 is 9.47 Å². The summed E-state index contributed by atoms with van der Waals surface area (Å²) in [5.74, 6) is 0.118. The molecule has 1 rings (SSSR count). The third-order valence-electron chi connectivity index (χ3n) is 2.39. The van der Waals surface area contributed by atoms with Gasteiger partial charge in [0.2, 0.25) is 0 Å². The van der Waals surface area contributed by atoms with E-state index in [1.807, 2.05) is 0 Å². The second-order valence-electron chi connectivity index (χ2n) is 4.00. The van der Waals surface area contributed by atoms with Crippen molar-refractivity contribution in [1.29, 1.82) is 0 Å². The average Bonchev–Trinajstić information content (AvgIpc) is 2.44. The summed E-state index contributed by atoms with van der Waals surface area (Å²) < 4.78 is 10.0. The van der Waals surface area contributed by atoms with Gasteiger partial charge >= 0.3 is 5.97 Å². The van der Waals surface area contributed by atoms with Crippen molar-refractivity contribution in [2.75, 3.05) is 19.1 Å². The lowest BCUT2D eigenvalue weighted by molar-refractivity contribution is -0.144. The first-order chi connectivity index (χ1) is 10.1. The molecule has 0 atom stereocenters. The summed E-state index contributed by atoms with van der Waals surface area (Å²) in [5, 5.41) is 0.447. The Morgan fingerprint density at radius 2 is 2.10 bits per heavy atom. The average molecular weight is 331 g/mol.